The highest BCUT2D eigenvalue weighted by molar-refractivity contribution is 5.71. The van der Waals surface area contributed by atoms with Gasteiger partial charge in [0.1, 0.15) is 5.75 Å². The Morgan fingerprint density at radius 2 is 2.24 bits per heavy atom. The first-order valence-corrected chi connectivity index (χ1v) is 5.54. The molecule has 0 aliphatic heterocycles. The van der Waals surface area contributed by atoms with Crippen LogP contribution in [0.15, 0.2) is 36.5 Å². The van der Waals surface area contributed by atoms with Crippen LogP contribution in [0.1, 0.15) is 13.3 Å². The smallest absolute Gasteiger partial charge is 0.410 e. The van der Waals surface area contributed by atoms with E-state index in [0.29, 0.717) is 5.75 Å². The number of hydrogen-bond acceptors (Lipinski definition) is 3. The molecular weight excluding hydrogens is 216 g/mol. The molecule has 0 bridgehead atoms. The van der Waals surface area contributed by atoms with E-state index >= 15 is 0 Å². The summed E-state index contributed by atoms with van der Waals surface area (Å²) in [6, 6.07) is 7.35. The normalized spacial score (nSPS) is 10.3. The standard InChI is InChI=1S/C13H18N2O2/c1-4-5-9-14-13(16)17-12-8-6-7-11(10-12)15(2)3/h5-10H,4H2,1-3H3,(H,14,16). The fourth-order valence-electron chi connectivity index (χ4n) is 1.21. The SMILES string of the molecule is CCC=CNC(=O)Oc1cccc(N(C)C)c1. The maximum atomic E-state index is 11.4. The predicted octanol–water partition coefficient (Wildman–Crippen LogP) is 2.76. The summed E-state index contributed by atoms with van der Waals surface area (Å²) >= 11 is 0. The monoisotopic (exact) mass is 234 g/mol. The molecule has 0 fully saturated rings. The Hall–Kier alpha value is -1.97. The minimum atomic E-state index is -0.481. The quantitative estimate of drug-likeness (QED) is 0.871. The summed E-state index contributed by atoms with van der Waals surface area (Å²) in [7, 11) is 3.87. The third-order valence-corrected chi connectivity index (χ3v) is 2.10. The van der Waals surface area contributed by atoms with E-state index in [-0.39, 0.29) is 0 Å². The Balaban J connectivity index is 2.59. The minimum absolute atomic E-state index is 0.481. The Kier molecular flexibility index (Phi) is 5.07. The molecule has 0 aliphatic rings. The molecule has 0 saturated heterocycles. The number of carbonyl (C=O) groups is 1. The third kappa shape index (κ3) is 4.59. The lowest BCUT2D eigenvalue weighted by Gasteiger charge is -2.13. The number of benzene rings is 1. The van der Waals surface area contributed by atoms with Gasteiger partial charge >= 0.3 is 6.09 Å². The number of nitrogens with one attached hydrogen (secondary N) is 1. The topological polar surface area (TPSA) is 41.6 Å². The second-order valence-electron chi connectivity index (χ2n) is 3.74. The van der Waals surface area contributed by atoms with Crippen molar-refractivity contribution in [3.63, 3.8) is 0 Å². The molecule has 92 valence electrons. The van der Waals surface area contributed by atoms with E-state index in [2.05, 4.69) is 5.32 Å². The van der Waals surface area contributed by atoms with Gasteiger partial charge in [-0.15, -0.1) is 0 Å². The maximum absolute atomic E-state index is 11.4. The second kappa shape index (κ2) is 6.58. The van der Waals surface area contributed by atoms with Crippen molar-refractivity contribution in [1.82, 2.24) is 5.32 Å². The van der Waals surface area contributed by atoms with Crippen molar-refractivity contribution in [2.45, 2.75) is 13.3 Å². The van der Waals surface area contributed by atoms with Crippen LogP contribution >= 0.6 is 0 Å². The number of rotatable bonds is 4. The van der Waals surface area contributed by atoms with E-state index in [4.69, 9.17) is 4.74 Å². The Morgan fingerprint density at radius 3 is 2.88 bits per heavy atom. The first kappa shape index (κ1) is 13.1. The van der Waals surface area contributed by atoms with Crippen LogP contribution in [0.5, 0.6) is 5.75 Å². The van der Waals surface area contributed by atoms with Crippen LogP contribution in [-0.2, 0) is 0 Å². The van der Waals surface area contributed by atoms with E-state index in [9.17, 15) is 4.79 Å². The van der Waals surface area contributed by atoms with Crippen molar-refractivity contribution >= 4 is 11.8 Å². The number of amides is 1. The van der Waals surface area contributed by atoms with E-state index in [1.807, 2.05) is 50.2 Å². The highest BCUT2D eigenvalue weighted by atomic mass is 16.5. The van der Waals surface area contributed by atoms with Crippen LogP contribution in [0.25, 0.3) is 0 Å². The fraction of sp³-hybridized carbons (Fsp3) is 0.308. The largest absolute Gasteiger partial charge is 0.416 e. The van der Waals surface area contributed by atoms with Crippen molar-refractivity contribution < 1.29 is 9.53 Å². The average molecular weight is 234 g/mol. The van der Waals surface area contributed by atoms with Gasteiger partial charge in [0.2, 0.25) is 0 Å². The molecule has 1 amide bonds. The zero-order chi connectivity index (χ0) is 12.7. The maximum Gasteiger partial charge on any atom is 0.416 e. The lowest BCUT2D eigenvalue weighted by atomic mass is 10.3. The molecule has 0 aliphatic carbocycles. The van der Waals surface area contributed by atoms with Crippen LogP contribution in [0.2, 0.25) is 0 Å². The Labute approximate surface area is 102 Å². The first-order chi connectivity index (χ1) is 8.13. The number of ether oxygens (including phenoxy) is 1. The van der Waals surface area contributed by atoms with Gasteiger partial charge in [-0.3, -0.25) is 5.32 Å². The van der Waals surface area contributed by atoms with E-state index in [1.165, 1.54) is 0 Å². The summed E-state index contributed by atoms with van der Waals surface area (Å²) < 4.78 is 5.12. The van der Waals surface area contributed by atoms with Crippen molar-refractivity contribution in [2.24, 2.45) is 0 Å². The molecule has 1 N–H and O–H groups in total. The van der Waals surface area contributed by atoms with E-state index in [0.717, 1.165) is 12.1 Å². The van der Waals surface area contributed by atoms with Gasteiger partial charge in [0.25, 0.3) is 0 Å². The molecule has 0 aromatic heterocycles. The molecule has 0 radical (unpaired) electrons. The lowest BCUT2D eigenvalue weighted by Crippen LogP contribution is -2.21. The Morgan fingerprint density at radius 1 is 1.47 bits per heavy atom. The molecule has 4 nitrogen and oxygen atoms in total. The summed E-state index contributed by atoms with van der Waals surface area (Å²) in [5.41, 5.74) is 0.986. The molecule has 1 rings (SSSR count). The molecule has 0 atom stereocenters. The van der Waals surface area contributed by atoms with Crippen LogP contribution in [0.4, 0.5) is 10.5 Å². The molecule has 4 heteroatoms. The number of nitrogens with zero attached hydrogens (tertiary/aromatic N) is 1. The van der Waals surface area contributed by atoms with Gasteiger partial charge in [-0.05, 0) is 18.6 Å². The lowest BCUT2D eigenvalue weighted by molar-refractivity contribution is 0.204. The van der Waals surface area contributed by atoms with Crippen LogP contribution in [-0.4, -0.2) is 20.2 Å². The highest BCUT2D eigenvalue weighted by Crippen LogP contribution is 2.19. The van der Waals surface area contributed by atoms with Gasteiger partial charge in [-0.25, -0.2) is 4.79 Å². The summed E-state index contributed by atoms with van der Waals surface area (Å²) in [6.45, 7) is 1.99. The fourth-order valence-corrected chi connectivity index (χ4v) is 1.21. The molecule has 1 aromatic rings. The molecule has 0 saturated carbocycles. The average Bonchev–Trinajstić information content (AvgIpc) is 2.29. The molecule has 0 heterocycles. The zero-order valence-electron chi connectivity index (χ0n) is 10.4. The van der Waals surface area contributed by atoms with Crippen LogP contribution in [0, 0.1) is 0 Å². The van der Waals surface area contributed by atoms with Gasteiger partial charge in [0, 0.05) is 32.0 Å². The number of hydrogen-bond donors (Lipinski definition) is 1. The van der Waals surface area contributed by atoms with Gasteiger partial charge in [-0.1, -0.05) is 19.1 Å². The van der Waals surface area contributed by atoms with Crippen LogP contribution < -0.4 is 15.0 Å². The Bertz CT molecular complexity index is 400. The predicted molar refractivity (Wildman–Crippen MR) is 69.4 cm³/mol. The molecule has 0 spiro atoms. The number of carbonyl (C=O) groups excluding carboxylic acids is 1. The molecular formula is C13H18N2O2. The summed E-state index contributed by atoms with van der Waals surface area (Å²) in [5.74, 6) is 0.526. The van der Waals surface area contributed by atoms with Crippen molar-refractivity contribution in [3.05, 3.63) is 36.5 Å². The third-order valence-electron chi connectivity index (χ3n) is 2.10. The molecule has 17 heavy (non-hydrogen) atoms. The van der Waals surface area contributed by atoms with Crippen molar-refractivity contribution in [2.75, 3.05) is 19.0 Å². The summed E-state index contributed by atoms with van der Waals surface area (Å²) in [6.07, 6.45) is 3.82. The molecule has 0 unspecified atom stereocenters. The molecule has 1 aromatic carbocycles. The van der Waals surface area contributed by atoms with Gasteiger partial charge in [0.15, 0.2) is 0 Å². The van der Waals surface area contributed by atoms with Crippen LogP contribution in [0.3, 0.4) is 0 Å². The van der Waals surface area contributed by atoms with E-state index in [1.54, 1.807) is 12.3 Å². The highest BCUT2D eigenvalue weighted by Gasteiger charge is 2.03. The van der Waals surface area contributed by atoms with Crippen molar-refractivity contribution in [1.29, 1.82) is 0 Å². The minimum Gasteiger partial charge on any atom is -0.410 e. The zero-order valence-corrected chi connectivity index (χ0v) is 10.4. The summed E-state index contributed by atoms with van der Waals surface area (Å²) in [5, 5.41) is 2.53. The second-order valence-corrected chi connectivity index (χ2v) is 3.74. The van der Waals surface area contributed by atoms with E-state index < -0.39 is 6.09 Å². The van der Waals surface area contributed by atoms with Gasteiger partial charge in [-0.2, -0.15) is 0 Å². The summed E-state index contributed by atoms with van der Waals surface area (Å²) in [4.78, 5) is 13.3. The number of anilines is 1. The first-order valence-electron chi connectivity index (χ1n) is 5.54. The number of allylic oxidation sites excluding steroid dienone is 1. The van der Waals surface area contributed by atoms with Crippen molar-refractivity contribution in [3.8, 4) is 5.75 Å². The van der Waals surface area contributed by atoms with Gasteiger partial charge in [0.05, 0.1) is 0 Å². The van der Waals surface area contributed by atoms with Gasteiger partial charge < -0.3 is 9.64 Å².